The van der Waals surface area contributed by atoms with Crippen molar-refractivity contribution in [2.75, 3.05) is 19.6 Å². The van der Waals surface area contributed by atoms with Gasteiger partial charge in [0.25, 0.3) is 0 Å². The third-order valence-corrected chi connectivity index (χ3v) is 4.90. The number of aromatic nitrogens is 3. The Morgan fingerprint density at radius 3 is 3.16 bits per heavy atom. The molecule has 106 valence electrons. The lowest BCUT2D eigenvalue weighted by Crippen LogP contribution is -2.47. The zero-order chi connectivity index (χ0) is 13.3. The van der Waals surface area contributed by atoms with Crippen LogP contribution in [0.1, 0.15) is 38.4 Å². The average Bonchev–Trinajstić information content (AvgIpc) is 2.86. The molecule has 1 aliphatic carbocycles. The van der Waals surface area contributed by atoms with E-state index >= 15 is 0 Å². The van der Waals surface area contributed by atoms with E-state index in [1.807, 2.05) is 6.33 Å². The topological polar surface area (TPSA) is 60.0 Å². The summed E-state index contributed by atoms with van der Waals surface area (Å²) in [5.41, 5.74) is 6.47. The van der Waals surface area contributed by atoms with Crippen molar-refractivity contribution < 1.29 is 0 Å². The SMILES string of the molecule is CC1CCCC(CN)(CN2CCn3cnnc3C2)C1. The Balaban J connectivity index is 1.67. The van der Waals surface area contributed by atoms with Crippen molar-refractivity contribution in [3.05, 3.63) is 12.2 Å². The lowest BCUT2D eigenvalue weighted by Gasteiger charge is -2.43. The van der Waals surface area contributed by atoms with Gasteiger partial charge in [0, 0.05) is 19.6 Å². The Morgan fingerprint density at radius 1 is 1.47 bits per heavy atom. The fourth-order valence-electron chi connectivity index (χ4n) is 3.89. The standard InChI is InChI=1S/C14H25N5/c1-12-3-2-4-14(7-12,9-15)10-18-5-6-19-11-16-17-13(19)8-18/h11-12H,2-10,15H2,1H3. The van der Waals surface area contributed by atoms with E-state index in [1.165, 1.54) is 25.7 Å². The summed E-state index contributed by atoms with van der Waals surface area (Å²) in [6.45, 7) is 7.35. The van der Waals surface area contributed by atoms with Gasteiger partial charge in [-0.3, -0.25) is 4.90 Å². The van der Waals surface area contributed by atoms with Gasteiger partial charge in [0.05, 0.1) is 6.54 Å². The number of nitrogens with zero attached hydrogens (tertiary/aromatic N) is 4. The van der Waals surface area contributed by atoms with E-state index in [1.54, 1.807) is 0 Å². The molecule has 5 nitrogen and oxygen atoms in total. The van der Waals surface area contributed by atoms with Crippen molar-refractivity contribution >= 4 is 0 Å². The molecule has 0 amide bonds. The summed E-state index contributed by atoms with van der Waals surface area (Å²) >= 11 is 0. The third-order valence-electron chi connectivity index (χ3n) is 4.90. The second-order valence-electron chi connectivity index (χ2n) is 6.56. The van der Waals surface area contributed by atoms with E-state index < -0.39 is 0 Å². The van der Waals surface area contributed by atoms with Crippen LogP contribution < -0.4 is 5.73 Å². The maximum Gasteiger partial charge on any atom is 0.147 e. The van der Waals surface area contributed by atoms with Crippen LogP contribution in [0.5, 0.6) is 0 Å². The predicted molar refractivity (Wildman–Crippen MR) is 74.4 cm³/mol. The molecular formula is C14H25N5. The number of fused-ring (bicyclic) bond motifs is 1. The second-order valence-corrected chi connectivity index (χ2v) is 6.56. The van der Waals surface area contributed by atoms with Gasteiger partial charge in [-0.15, -0.1) is 10.2 Å². The molecule has 3 rings (SSSR count). The highest BCUT2D eigenvalue weighted by atomic mass is 15.3. The van der Waals surface area contributed by atoms with Gasteiger partial charge in [0.2, 0.25) is 0 Å². The van der Waals surface area contributed by atoms with Gasteiger partial charge in [0.1, 0.15) is 12.2 Å². The highest BCUT2D eigenvalue weighted by molar-refractivity contribution is 4.94. The summed E-state index contributed by atoms with van der Waals surface area (Å²) in [4.78, 5) is 2.52. The van der Waals surface area contributed by atoms with E-state index in [4.69, 9.17) is 5.73 Å². The van der Waals surface area contributed by atoms with Crippen molar-refractivity contribution in [1.29, 1.82) is 0 Å². The number of rotatable bonds is 3. The molecule has 2 N–H and O–H groups in total. The minimum absolute atomic E-state index is 0.333. The summed E-state index contributed by atoms with van der Waals surface area (Å²) in [6, 6.07) is 0. The summed E-state index contributed by atoms with van der Waals surface area (Å²) in [5, 5.41) is 8.20. The molecule has 2 heterocycles. The monoisotopic (exact) mass is 263 g/mol. The van der Waals surface area contributed by atoms with Crippen LogP contribution >= 0.6 is 0 Å². The van der Waals surface area contributed by atoms with Crippen LogP contribution in [0.25, 0.3) is 0 Å². The molecule has 2 aliphatic rings. The van der Waals surface area contributed by atoms with E-state index in [2.05, 4.69) is 26.6 Å². The molecule has 1 aliphatic heterocycles. The van der Waals surface area contributed by atoms with Gasteiger partial charge >= 0.3 is 0 Å². The normalized spacial score (nSPS) is 32.2. The molecule has 2 atom stereocenters. The van der Waals surface area contributed by atoms with Crippen LogP contribution in [0.4, 0.5) is 0 Å². The Labute approximate surface area is 115 Å². The van der Waals surface area contributed by atoms with Gasteiger partial charge < -0.3 is 10.3 Å². The lowest BCUT2D eigenvalue weighted by atomic mass is 9.69. The number of hydrogen-bond acceptors (Lipinski definition) is 4. The Kier molecular flexibility index (Phi) is 3.58. The number of hydrogen-bond donors (Lipinski definition) is 1. The van der Waals surface area contributed by atoms with Crippen molar-refractivity contribution in [1.82, 2.24) is 19.7 Å². The van der Waals surface area contributed by atoms with Crippen LogP contribution in [-0.4, -0.2) is 39.3 Å². The molecule has 0 spiro atoms. The molecule has 1 aromatic rings. The smallest absolute Gasteiger partial charge is 0.147 e. The Morgan fingerprint density at radius 2 is 2.37 bits per heavy atom. The molecule has 0 bridgehead atoms. The van der Waals surface area contributed by atoms with Gasteiger partial charge in [-0.25, -0.2) is 0 Å². The molecule has 0 saturated heterocycles. The quantitative estimate of drug-likeness (QED) is 0.891. The van der Waals surface area contributed by atoms with Crippen LogP contribution in [0.15, 0.2) is 6.33 Å². The highest BCUT2D eigenvalue weighted by Gasteiger charge is 2.36. The van der Waals surface area contributed by atoms with Crippen LogP contribution in [0.2, 0.25) is 0 Å². The number of nitrogens with two attached hydrogens (primary N) is 1. The van der Waals surface area contributed by atoms with Gasteiger partial charge in [-0.2, -0.15) is 0 Å². The van der Waals surface area contributed by atoms with E-state index in [9.17, 15) is 0 Å². The largest absolute Gasteiger partial charge is 0.330 e. The molecule has 1 aromatic heterocycles. The van der Waals surface area contributed by atoms with Crippen LogP contribution in [0.3, 0.4) is 0 Å². The highest BCUT2D eigenvalue weighted by Crippen LogP contribution is 2.39. The zero-order valence-corrected chi connectivity index (χ0v) is 11.9. The lowest BCUT2D eigenvalue weighted by molar-refractivity contribution is 0.0730. The minimum atomic E-state index is 0.333. The third kappa shape index (κ3) is 2.67. The first-order valence-corrected chi connectivity index (χ1v) is 7.50. The average molecular weight is 263 g/mol. The van der Waals surface area contributed by atoms with Gasteiger partial charge in [-0.05, 0) is 30.7 Å². The molecule has 0 aromatic carbocycles. The molecule has 1 saturated carbocycles. The molecule has 19 heavy (non-hydrogen) atoms. The van der Waals surface area contributed by atoms with Crippen molar-refractivity contribution in [2.45, 2.75) is 45.7 Å². The maximum atomic E-state index is 6.13. The summed E-state index contributed by atoms with van der Waals surface area (Å²) in [5.74, 6) is 1.92. The molecule has 1 fully saturated rings. The van der Waals surface area contributed by atoms with Crippen LogP contribution in [-0.2, 0) is 13.1 Å². The maximum absolute atomic E-state index is 6.13. The molecule has 2 unspecified atom stereocenters. The Hall–Kier alpha value is -0.940. The Bertz CT molecular complexity index is 429. The van der Waals surface area contributed by atoms with Crippen molar-refractivity contribution in [3.63, 3.8) is 0 Å². The van der Waals surface area contributed by atoms with Crippen LogP contribution in [0, 0.1) is 11.3 Å². The fraction of sp³-hybridized carbons (Fsp3) is 0.857. The van der Waals surface area contributed by atoms with Gasteiger partial charge in [-0.1, -0.05) is 19.8 Å². The van der Waals surface area contributed by atoms with E-state index in [0.29, 0.717) is 5.41 Å². The van der Waals surface area contributed by atoms with Gasteiger partial charge in [0.15, 0.2) is 0 Å². The first-order valence-electron chi connectivity index (χ1n) is 7.50. The van der Waals surface area contributed by atoms with E-state index in [-0.39, 0.29) is 0 Å². The zero-order valence-electron chi connectivity index (χ0n) is 11.9. The molecular weight excluding hydrogens is 238 g/mol. The molecule has 0 radical (unpaired) electrons. The first-order chi connectivity index (χ1) is 9.21. The first kappa shape index (κ1) is 13.1. The van der Waals surface area contributed by atoms with Crippen molar-refractivity contribution in [2.24, 2.45) is 17.1 Å². The summed E-state index contributed by atoms with van der Waals surface area (Å²) in [7, 11) is 0. The fourth-order valence-corrected chi connectivity index (χ4v) is 3.89. The summed E-state index contributed by atoms with van der Waals surface area (Å²) in [6.07, 6.45) is 7.12. The second kappa shape index (κ2) is 5.21. The van der Waals surface area contributed by atoms with E-state index in [0.717, 1.165) is 44.5 Å². The predicted octanol–water partition coefficient (Wildman–Crippen LogP) is 1.25. The molecule has 5 heteroatoms. The van der Waals surface area contributed by atoms with Crippen molar-refractivity contribution in [3.8, 4) is 0 Å². The summed E-state index contributed by atoms with van der Waals surface area (Å²) < 4.78 is 2.16. The minimum Gasteiger partial charge on any atom is -0.330 e.